The minimum absolute atomic E-state index is 0.161. The molecule has 10 nitrogen and oxygen atoms in total. The fourth-order valence-corrected chi connectivity index (χ4v) is 8.32. The van der Waals surface area contributed by atoms with Gasteiger partial charge in [-0.15, -0.1) is 0 Å². The van der Waals surface area contributed by atoms with Gasteiger partial charge >= 0.3 is 0 Å². The molecule has 0 amide bonds. The molecule has 0 unspecified atom stereocenters. The minimum atomic E-state index is 0.161. The second-order valence-electron chi connectivity index (χ2n) is 18.5. The number of hydrogen-bond acceptors (Lipinski definition) is 10. The van der Waals surface area contributed by atoms with E-state index in [2.05, 4.69) is 120 Å². The first kappa shape index (κ1) is 47.4. The molecule has 63 heavy (non-hydrogen) atoms. The van der Waals surface area contributed by atoms with E-state index in [1.165, 1.54) is 42.6 Å². The zero-order valence-electron chi connectivity index (χ0n) is 38.7. The molecule has 2 aliphatic rings. The fourth-order valence-electron chi connectivity index (χ4n) is 8.06. The summed E-state index contributed by atoms with van der Waals surface area (Å²) < 4.78 is 10.4. The van der Waals surface area contributed by atoms with Crippen molar-refractivity contribution in [1.82, 2.24) is 25.9 Å². The molecule has 4 heterocycles. The molecule has 8 rings (SSSR count). The molecule has 2 aromatic heterocycles. The molecule has 11 heteroatoms. The lowest BCUT2D eigenvalue weighted by Crippen LogP contribution is -2.49. The standard InChI is InChI=1S/C26H34N4O.C17H15ClN2O.C9H20N2/c1-26(2,3)29-20-13-15-30(16-14-20)24-17-25(28-23-8-6-5-7-22(23)24)27-18-19-9-11-21(31-4)12-10-19;1-21-13-8-6-12(7-9-13)11-19-17-10-15(18)14-4-2-3-5-16(14)20-17;1-9(2,3)11-8-4-6-10-7-5-8/h5-12,17,20,29H,13-16,18H2,1-4H3,(H,27,28);2-10H,11H2,1H3,(H,19,20);8,10-11H,4-7H2,1-3H3. The molecule has 6 aromatic rings. The fraction of sp³-hybridized carbons (Fsp3) is 0.423. The zero-order valence-corrected chi connectivity index (χ0v) is 39.4. The van der Waals surface area contributed by atoms with Crippen molar-refractivity contribution in [2.24, 2.45) is 0 Å². The number of ether oxygens (including phenoxy) is 2. The van der Waals surface area contributed by atoms with Crippen molar-refractivity contribution < 1.29 is 9.47 Å². The number of fused-ring (bicyclic) bond motifs is 2. The van der Waals surface area contributed by atoms with Crippen LogP contribution in [-0.2, 0) is 13.1 Å². The molecule has 2 fully saturated rings. The lowest BCUT2D eigenvalue weighted by molar-refractivity contribution is 0.304. The number of benzene rings is 4. The minimum Gasteiger partial charge on any atom is -0.497 e. The van der Waals surface area contributed by atoms with E-state index in [9.17, 15) is 0 Å². The van der Waals surface area contributed by atoms with Crippen LogP contribution < -0.4 is 41.0 Å². The maximum atomic E-state index is 6.29. The Morgan fingerprint density at radius 3 is 1.54 bits per heavy atom. The quantitative estimate of drug-likeness (QED) is 0.0864. The van der Waals surface area contributed by atoms with Gasteiger partial charge in [0.25, 0.3) is 0 Å². The van der Waals surface area contributed by atoms with E-state index in [1.807, 2.05) is 66.7 Å². The number of piperidine rings is 2. The Hall–Kier alpha value is -5.13. The van der Waals surface area contributed by atoms with Gasteiger partial charge in [0.05, 0.1) is 30.3 Å². The summed E-state index contributed by atoms with van der Waals surface area (Å²) in [4.78, 5) is 11.9. The number of rotatable bonds is 11. The second kappa shape index (κ2) is 22.5. The molecule has 336 valence electrons. The van der Waals surface area contributed by atoms with Crippen molar-refractivity contribution in [3.63, 3.8) is 0 Å². The zero-order chi connectivity index (χ0) is 44.8. The molecule has 0 spiro atoms. The van der Waals surface area contributed by atoms with Gasteiger partial charge in [0.15, 0.2) is 0 Å². The van der Waals surface area contributed by atoms with Crippen LogP contribution in [0.25, 0.3) is 21.8 Å². The van der Waals surface area contributed by atoms with E-state index < -0.39 is 0 Å². The summed E-state index contributed by atoms with van der Waals surface area (Å²) in [5.41, 5.74) is 6.00. The van der Waals surface area contributed by atoms with Crippen LogP contribution in [0, 0.1) is 0 Å². The first-order valence-corrected chi connectivity index (χ1v) is 22.8. The molecule has 0 bridgehead atoms. The van der Waals surface area contributed by atoms with E-state index in [-0.39, 0.29) is 11.1 Å². The van der Waals surface area contributed by atoms with Gasteiger partial charge in [0.2, 0.25) is 0 Å². The van der Waals surface area contributed by atoms with Crippen LogP contribution in [-0.4, -0.2) is 73.5 Å². The number of nitrogens with one attached hydrogen (secondary N) is 5. The Bertz CT molecular complexity index is 2310. The summed E-state index contributed by atoms with van der Waals surface area (Å²) >= 11 is 6.29. The van der Waals surface area contributed by atoms with Crippen molar-refractivity contribution in [2.45, 2.75) is 103 Å². The van der Waals surface area contributed by atoms with Crippen molar-refractivity contribution in [2.75, 3.05) is 55.9 Å². The molecule has 0 aliphatic carbocycles. The van der Waals surface area contributed by atoms with Gasteiger partial charge in [0, 0.05) is 71.9 Å². The summed E-state index contributed by atoms with van der Waals surface area (Å²) in [5, 5.41) is 20.5. The predicted molar refractivity (Wildman–Crippen MR) is 266 cm³/mol. The third kappa shape index (κ3) is 15.0. The van der Waals surface area contributed by atoms with Crippen LogP contribution in [0.1, 0.15) is 78.4 Å². The first-order chi connectivity index (χ1) is 30.2. The van der Waals surface area contributed by atoms with Crippen LogP contribution in [0.2, 0.25) is 5.02 Å². The molecule has 0 radical (unpaired) electrons. The van der Waals surface area contributed by atoms with E-state index in [0.717, 1.165) is 83.6 Å². The van der Waals surface area contributed by atoms with E-state index in [0.29, 0.717) is 17.6 Å². The van der Waals surface area contributed by atoms with E-state index >= 15 is 0 Å². The third-order valence-electron chi connectivity index (χ3n) is 11.1. The lowest BCUT2D eigenvalue weighted by atomic mass is 9.99. The number of para-hydroxylation sites is 2. The highest BCUT2D eigenvalue weighted by Crippen LogP contribution is 2.32. The maximum absolute atomic E-state index is 6.29. The van der Waals surface area contributed by atoms with Crippen LogP contribution in [0.4, 0.5) is 17.3 Å². The molecule has 5 N–H and O–H groups in total. The van der Waals surface area contributed by atoms with Gasteiger partial charge in [-0.05, 0) is 134 Å². The van der Waals surface area contributed by atoms with Gasteiger partial charge in [-0.1, -0.05) is 72.3 Å². The van der Waals surface area contributed by atoms with Gasteiger partial charge in [0.1, 0.15) is 23.1 Å². The smallest absolute Gasteiger partial charge is 0.129 e. The maximum Gasteiger partial charge on any atom is 0.129 e. The SMILES string of the molecule is CC(C)(C)NC1CCNCC1.COc1ccc(CNc2cc(Cl)c3ccccc3n2)cc1.COc1ccc(CNc2cc(N3CCC(NC(C)(C)C)CC3)c3ccccc3n2)cc1. The lowest BCUT2D eigenvalue weighted by Gasteiger charge is -2.37. The largest absolute Gasteiger partial charge is 0.497 e. The third-order valence-corrected chi connectivity index (χ3v) is 11.4. The predicted octanol–water partition coefficient (Wildman–Crippen LogP) is 10.8. The average Bonchev–Trinajstić information content (AvgIpc) is 3.28. The van der Waals surface area contributed by atoms with E-state index in [4.69, 9.17) is 26.1 Å². The van der Waals surface area contributed by atoms with E-state index in [1.54, 1.807) is 14.2 Å². The highest BCUT2D eigenvalue weighted by Gasteiger charge is 2.24. The Labute approximate surface area is 380 Å². The number of pyridine rings is 2. The van der Waals surface area contributed by atoms with Gasteiger partial charge in [-0.25, -0.2) is 9.97 Å². The summed E-state index contributed by atoms with van der Waals surface area (Å²) in [6.45, 7) is 19.3. The van der Waals surface area contributed by atoms with Crippen molar-refractivity contribution >= 4 is 50.7 Å². The molecule has 4 aromatic carbocycles. The van der Waals surface area contributed by atoms with Gasteiger partial charge < -0.3 is 41.0 Å². The van der Waals surface area contributed by atoms with Crippen molar-refractivity contribution in [1.29, 1.82) is 0 Å². The summed E-state index contributed by atoms with van der Waals surface area (Å²) in [5.74, 6) is 3.42. The number of anilines is 3. The number of hydrogen-bond donors (Lipinski definition) is 5. The van der Waals surface area contributed by atoms with Crippen molar-refractivity contribution in [3.8, 4) is 11.5 Å². The number of methoxy groups -OCH3 is 2. The summed E-state index contributed by atoms with van der Waals surface area (Å²) in [6.07, 6.45) is 4.86. The molecular weight excluding hydrogens is 804 g/mol. The Morgan fingerprint density at radius 2 is 1.05 bits per heavy atom. The monoisotopic (exact) mass is 873 g/mol. The van der Waals surface area contributed by atoms with Crippen molar-refractivity contribution in [3.05, 3.63) is 125 Å². The topological polar surface area (TPSA) is 108 Å². The van der Waals surface area contributed by atoms with Crippen LogP contribution in [0.5, 0.6) is 11.5 Å². The highest BCUT2D eigenvalue weighted by molar-refractivity contribution is 6.35. The normalized spacial score (nSPS) is 14.9. The Kier molecular flexibility index (Phi) is 16.9. The van der Waals surface area contributed by atoms with Gasteiger partial charge in [-0.2, -0.15) is 0 Å². The Morgan fingerprint density at radius 1 is 0.603 bits per heavy atom. The molecule has 0 atom stereocenters. The number of halogens is 1. The molecular formula is C52H69ClN8O2. The van der Waals surface area contributed by atoms with Crippen LogP contribution in [0.3, 0.4) is 0 Å². The van der Waals surface area contributed by atoms with Gasteiger partial charge in [-0.3, -0.25) is 0 Å². The van der Waals surface area contributed by atoms with Crippen LogP contribution in [0.15, 0.2) is 109 Å². The second-order valence-corrected chi connectivity index (χ2v) is 18.9. The molecule has 2 saturated heterocycles. The Balaban J connectivity index is 0.000000177. The number of aromatic nitrogens is 2. The summed E-state index contributed by atoms with van der Waals surface area (Å²) in [6, 6.07) is 37.8. The highest BCUT2D eigenvalue weighted by atomic mass is 35.5. The average molecular weight is 874 g/mol. The molecule has 2 aliphatic heterocycles. The molecule has 0 saturated carbocycles. The first-order valence-electron chi connectivity index (χ1n) is 22.4. The van der Waals surface area contributed by atoms with Crippen LogP contribution >= 0.6 is 11.6 Å². The number of nitrogens with zero attached hydrogens (tertiary/aromatic N) is 3. The summed E-state index contributed by atoms with van der Waals surface area (Å²) in [7, 11) is 3.35.